The van der Waals surface area contributed by atoms with Crippen molar-refractivity contribution in [2.24, 2.45) is 5.73 Å². The summed E-state index contributed by atoms with van der Waals surface area (Å²) in [6.07, 6.45) is -0.757. The molecule has 0 aliphatic rings. The van der Waals surface area contributed by atoms with Gasteiger partial charge in [-0.3, -0.25) is 4.79 Å². The number of nitrogens with two attached hydrogens (primary N) is 1. The number of para-hydroxylation sites is 1. The van der Waals surface area contributed by atoms with Gasteiger partial charge in [0.25, 0.3) is 5.91 Å². The zero-order chi connectivity index (χ0) is 13.0. The summed E-state index contributed by atoms with van der Waals surface area (Å²) in [6, 6.07) is 16.8. The number of primary amides is 1. The minimum atomic E-state index is -0.757. The van der Waals surface area contributed by atoms with E-state index in [0.29, 0.717) is 5.75 Å². The van der Waals surface area contributed by atoms with E-state index in [4.69, 9.17) is 10.5 Å². The molecule has 18 heavy (non-hydrogen) atoms. The molecule has 0 aliphatic carbocycles. The Kier molecular flexibility index (Phi) is 3.63. The van der Waals surface area contributed by atoms with Gasteiger partial charge < -0.3 is 10.5 Å². The number of ether oxygens (including phenoxy) is 1. The number of hydrogen-bond donors (Lipinski definition) is 1. The molecular formula is C15H15NO2. The first-order chi connectivity index (χ1) is 8.68. The van der Waals surface area contributed by atoms with Crippen LogP contribution in [-0.4, -0.2) is 5.91 Å². The van der Waals surface area contributed by atoms with Crippen molar-refractivity contribution in [3.63, 3.8) is 0 Å². The van der Waals surface area contributed by atoms with E-state index in [9.17, 15) is 4.79 Å². The van der Waals surface area contributed by atoms with Gasteiger partial charge >= 0.3 is 0 Å². The van der Waals surface area contributed by atoms with Crippen LogP contribution in [0.4, 0.5) is 0 Å². The average Bonchev–Trinajstić information content (AvgIpc) is 2.38. The molecule has 1 amide bonds. The first kappa shape index (κ1) is 12.2. The maximum Gasteiger partial charge on any atom is 0.263 e. The summed E-state index contributed by atoms with van der Waals surface area (Å²) in [5.74, 6) is 0.176. The van der Waals surface area contributed by atoms with Gasteiger partial charge in [-0.15, -0.1) is 0 Å². The van der Waals surface area contributed by atoms with Crippen molar-refractivity contribution in [2.75, 3.05) is 0 Å². The molecule has 0 aliphatic heterocycles. The van der Waals surface area contributed by atoms with E-state index in [-0.39, 0.29) is 0 Å². The molecule has 3 nitrogen and oxygen atoms in total. The van der Waals surface area contributed by atoms with Crippen LogP contribution in [0.5, 0.6) is 5.75 Å². The smallest absolute Gasteiger partial charge is 0.263 e. The lowest BCUT2D eigenvalue weighted by atomic mass is 10.1. The number of aryl methyl sites for hydroxylation is 1. The van der Waals surface area contributed by atoms with Gasteiger partial charge in [0.15, 0.2) is 0 Å². The summed E-state index contributed by atoms with van der Waals surface area (Å²) in [4.78, 5) is 11.5. The second kappa shape index (κ2) is 5.36. The number of carbonyl (C=O) groups is 1. The number of carbonyl (C=O) groups excluding carboxylic acids is 1. The second-order valence-electron chi connectivity index (χ2n) is 4.08. The lowest BCUT2D eigenvalue weighted by molar-refractivity contribution is -0.125. The summed E-state index contributed by atoms with van der Waals surface area (Å²) in [6.45, 7) is 1.93. The Morgan fingerprint density at radius 1 is 1.06 bits per heavy atom. The van der Waals surface area contributed by atoms with E-state index in [1.165, 1.54) is 0 Å². The normalized spacial score (nSPS) is 11.8. The molecule has 0 bridgehead atoms. The molecule has 1 atom stereocenters. The van der Waals surface area contributed by atoms with Crippen LogP contribution in [-0.2, 0) is 4.79 Å². The third kappa shape index (κ3) is 2.69. The van der Waals surface area contributed by atoms with Crippen molar-refractivity contribution in [3.8, 4) is 5.75 Å². The van der Waals surface area contributed by atoms with E-state index in [2.05, 4.69) is 0 Å². The SMILES string of the molecule is Cc1ccccc1OC(C(N)=O)c1ccccc1. The van der Waals surface area contributed by atoms with Gasteiger partial charge in [0.05, 0.1) is 0 Å². The predicted octanol–water partition coefficient (Wildman–Crippen LogP) is 2.60. The first-order valence-corrected chi connectivity index (χ1v) is 5.75. The van der Waals surface area contributed by atoms with Gasteiger partial charge in [-0.2, -0.15) is 0 Å². The molecule has 2 rings (SSSR count). The largest absolute Gasteiger partial charge is 0.476 e. The highest BCUT2D eigenvalue weighted by Crippen LogP contribution is 2.24. The highest BCUT2D eigenvalue weighted by atomic mass is 16.5. The van der Waals surface area contributed by atoms with E-state index in [0.717, 1.165) is 11.1 Å². The molecule has 3 heteroatoms. The minimum absolute atomic E-state index is 0.496. The Labute approximate surface area is 106 Å². The zero-order valence-electron chi connectivity index (χ0n) is 10.2. The topological polar surface area (TPSA) is 52.3 Å². The fourth-order valence-electron chi connectivity index (χ4n) is 1.73. The molecular weight excluding hydrogens is 226 g/mol. The molecule has 0 saturated carbocycles. The number of hydrogen-bond acceptors (Lipinski definition) is 2. The van der Waals surface area contributed by atoms with E-state index in [1.54, 1.807) is 0 Å². The van der Waals surface area contributed by atoms with Gasteiger partial charge in [0, 0.05) is 5.56 Å². The molecule has 0 fully saturated rings. The van der Waals surface area contributed by atoms with Crippen LogP contribution >= 0.6 is 0 Å². The Morgan fingerprint density at radius 3 is 2.28 bits per heavy atom. The van der Waals surface area contributed by atoms with Crippen LogP contribution in [0.2, 0.25) is 0 Å². The van der Waals surface area contributed by atoms with E-state index in [1.807, 2.05) is 61.5 Å². The fraction of sp³-hybridized carbons (Fsp3) is 0.133. The fourth-order valence-corrected chi connectivity index (χ4v) is 1.73. The van der Waals surface area contributed by atoms with Gasteiger partial charge in [-0.1, -0.05) is 48.5 Å². The van der Waals surface area contributed by atoms with Crippen LogP contribution in [0.15, 0.2) is 54.6 Å². The quantitative estimate of drug-likeness (QED) is 0.894. The maximum atomic E-state index is 11.5. The Balaban J connectivity index is 2.28. The highest BCUT2D eigenvalue weighted by molar-refractivity contribution is 5.80. The van der Waals surface area contributed by atoms with Crippen molar-refractivity contribution < 1.29 is 9.53 Å². The molecule has 0 spiro atoms. The molecule has 0 saturated heterocycles. The predicted molar refractivity (Wildman–Crippen MR) is 70.2 cm³/mol. The zero-order valence-corrected chi connectivity index (χ0v) is 10.2. The second-order valence-corrected chi connectivity index (χ2v) is 4.08. The molecule has 2 aromatic carbocycles. The van der Waals surface area contributed by atoms with E-state index < -0.39 is 12.0 Å². The molecule has 2 N–H and O–H groups in total. The van der Waals surface area contributed by atoms with Crippen molar-refractivity contribution in [1.29, 1.82) is 0 Å². The first-order valence-electron chi connectivity index (χ1n) is 5.75. The Bertz CT molecular complexity index is 537. The van der Waals surface area contributed by atoms with Crippen molar-refractivity contribution in [3.05, 3.63) is 65.7 Å². The monoisotopic (exact) mass is 241 g/mol. The van der Waals surface area contributed by atoms with Gasteiger partial charge in [0.1, 0.15) is 5.75 Å². The van der Waals surface area contributed by atoms with E-state index >= 15 is 0 Å². The maximum absolute atomic E-state index is 11.5. The summed E-state index contributed by atoms with van der Waals surface area (Å²) in [5, 5.41) is 0. The summed E-state index contributed by atoms with van der Waals surface area (Å²) in [5.41, 5.74) is 7.13. The number of rotatable bonds is 4. The minimum Gasteiger partial charge on any atom is -0.476 e. The molecule has 1 unspecified atom stereocenters. The lowest BCUT2D eigenvalue weighted by Crippen LogP contribution is -2.26. The Morgan fingerprint density at radius 2 is 1.67 bits per heavy atom. The third-order valence-electron chi connectivity index (χ3n) is 2.70. The summed E-state index contributed by atoms with van der Waals surface area (Å²) in [7, 11) is 0. The average molecular weight is 241 g/mol. The molecule has 2 aromatic rings. The summed E-state index contributed by atoms with van der Waals surface area (Å²) < 4.78 is 5.72. The van der Waals surface area contributed by atoms with Crippen molar-refractivity contribution >= 4 is 5.91 Å². The van der Waals surface area contributed by atoms with Gasteiger partial charge in [-0.25, -0.2) is 0 Å². The highest BCUT2D eigenvalue weighted by Gasteiger charge is 2.19. The van der Waals surface area contributed by atoms with Crippen LogP contribution in [0.1, 0.15) is 17.2 Å². The number of benzene rings is 2. The van der Waals surface area contributed by atoms with Gasteiger partial charge in [0.2, 0.25) is 6.10 Å². The Hall–Kier alpha value is -2.29. The van der Waals surface area contributed by atoms with Crippen LogP contribution in [0.25, 0.3) is 0 Å². The lowest BCUT2D eigenvalue weighted by Gasteiger charge is -2.17. The molecule has 0 aromatic heterocycles. The molecule has 0 heterocycles. The standard InChI is InChI=1S/C15H15NO2/c1-11-7-5-6-10-13(11)18-14(15(16)17)12-8-3-2-4-9-12/h2-10,14H,1H3,(H2,16,17). The summed E-state index contributed by atoms with van der Waals surface area (Å²) >= 11 is 0. The number of amides is 1. The third-order valence-corrected chi connectivity index (χ3v) is 2.70. The van der Waals surface area contributed by atoms with Crippen LogP contribution in [0.3, 0.4) is 0 Å². The van der Waals surface area contributed by atoms with Crippen molar-refractivity contribution in [1.82, 2.24) is 0 Å². The van der Waals surface area contributed by atoms with Gasteiger partial charge in [-0.05, 0) is 18.6 Å². The van der Waals surface area contributed by atoms with Crippen LogP contribution < -0.4 is 10.5 Å². The molecule has 92 valence electrons. The van der Waals surface area contributed by atoms with Crippen LogP contribution in [0, 0.1) is 6.92 Å². The molecule has 0 radical (unpaired) electrons. The van der Waals surface area contributed by atoms with Crippen molar-refractivity contribution in [2.45, 2.75) is 13.0 Å².